The van der Waals surface area contributed by atoms with E-state index in [0.717, 1.165) is 19.6 Å². The normalized spacial score (nSPS) is 14.9. The van der Waals surface area contributed by atoms with Crippen molar-refractivity contribution < 1.29 is 23.6 Å². The first-order valence-corrected chi connectivity index (χ1v) is 11.6. The number of carbonyl (C=O) groups is 2. The standard InChI is InChI=1S/C26H30N4O5/c1-4-29-12-14-30(15-13-29)26(32)24(18-8-6-5-7-9-18)27-25(31)21-17-23(35-28-21)20-16-19(33-2)10-11-22(20)34-3/h5-11,16-17,24H,4,12-15H2,1-3H3,(H,27,31)/t24-/m1/s1. The highest BCUT2D eigenvalue weighted by Gasteiger charge is 2.30. The van der Waals surface area contributed by atoms with E-state index in [1.165, 1.54) is 6.07 Å². The van der Waals surface area contributed by atoms with Gasteiger partial charge < -0.3 is 29.1 Å². The van der Waals surface area contributed by atoms with Gasteiger partial charge in [0.05, 0.1) is 19.8 Å². The van der Waals surface area contributed by atoms with Gasteiger partial charge in [0.25, 0.3) is 5.91 Å². The Kier molecular flexibility index (Phi) is 7.67. The monoisotopic (exact) mass is 478 g/mol. The van der Waals surface area contributed by atoms with Crippen LogP contribution in [0, 0.1) is 0 Å². The number of ether oxygens (including phenoxy) is 2. The van der Waals surface area contributed by atoms with E-state index < -0.39 is 11.9 Å². The van der Waals surface area contributed by atoms with Gasteiger partial charge in [-0.25, -0.2) is 0 Å². The molecule has 1 aromatic heterocycles. The molecule has 1 fully saturated rings. The SMILES string of the molecule is CCN1CCN(C(=O)[C@H](NC(=O)c2cc(-c3cc(OC)ccc3OC)on2)c2ccccc2)CC1. The van der Waals surface area contributed by atoms with E-state index in [1.807, 2.05) is 30.3 Å². The molecule has 9 heteroatoms. The summed E-state index contributed by atoms with van der Waals surface area (Å²) in [4.78, 5) is 30.7. The molecule has 1 aliphatic rings. The lowest BCUT2D eigenvalue weighted by molar-refractivity contribution is -0.135. The number of nitrogens with one attached hydrogen (secondary N) is 1. The van der Waals surface area contributed by atoms with Gasteiger partial charge in [-0.2, -0.15) is 0 Å². The Morgan fingerprint density at radius 2 is 1.77 bits per heavy atom. The van der Waals surface area contributed by atoms with E-state index in [9.17, 15) is 9.59 Å². The predicted molar refractivity (Wildman–Crippen MR) is 130 cm³/mol. The van der Waals surface area contributed by atoms with Crippen LogP contribution in [-0.4, -0.2) is 73.7 Å². The van der Waals surface area contributed by atoms with Crippen LogP contribution in [0.15, 0.2) is 59.1 Å². The van der Waals surface area contributed by atoms with Crippen LogP contribution in [0.5, 0.6) is 11.5 Å². The largest absolute Gasteiger partial charge is 0.497 e. The van der Waals surface area contributed by atoms with Crippen molar-refractivity contribution in [3.8, 4) is 22.8 Å². The third-order valence-electron chi connectivity index (χ3n) is 6.20. The molecular weight excluding hydrogens is 448 g/mol. The fourth-order valence-electron chi connectivity index (χ4n) is 4.12. The Balaban J connectivity index is 1.55. The molecular formula is C26H30N4O5. The minimum Gasteiger partial charge on any atom is -0.497 e. The topological polar surface area (TPSA) is 97.1 Å². The Hall–Kier alpha value is -3.85. The summed E-state index contributed by atoms with van der Waals surface area (Å²) in [7, 11) is 3.11. The van der Waals surface area contributed by atoms with Crippen LogP contribution in [0.1, 0.15) is 29.0 Å². The molecule has 4 rings (SSSR count). The van der Waals surface area contributed by atoms with Crippen molar-refractivity contribution in [3.05, 3.63) is 65.9 Å². The molecule has 0 aliphatic carbocycles. The molecule has 1 atom stereocenters. The zero-order valence-electron chi connectivity index (χ0n) is 20.2. The third kappa shape index (κ3) is 5.46. The Morgan fingerprint density at radius 3 is 2.43 bits per heavy atom. The maximum atomic E-state index is 13.5. The first kappa shape index (κ1) is 24.3. The number of rotatable bonds is 8. The van der Waals surface area contributed by atoms with E-state index in [4.69, 9.17) is 14.0 Å². The van der Waals surface area contributed by atoms with Crippen LogP contribution in [0.4, 0.5) is 0 Å². The molecule has 0 unspecified atom stereocenters. The quantitative estimate of drug-likeness (QED) is 0.532. The van der Waals surface area contributed by atoms with Crippen molar-refractivity contribution in [3.63, 3.8) is 0 Å². The Bertz CT molecular complexity index is 1160. The first-order chi connectivity index (χ1) is 17.0. The molecule has 0 spiro atoms. The molecule has 184 valence electrons. The molecule has 2 amide bonds. The van der Waals surface area contributed by atoms with Gasteiger partial charge in [-0.3, -0.25) is 9.59 Å². The second kappa shape index (κ2) is 11.1. The van der Waals surface area contributed by atoms with Crippen molar-refractivity contribution in [2.75, 3.05) is 46.9 Å². The zero-order chi connectivity index (χ0) is 24.8. The highest BCUT2D eigenvalue weighted by Crippen LogP contribution is 2.34. The van der Waals surface area contributed by atoms with E-state index in [-0.39, 0.29) is 11.6 Å². The fraction of sp³-hybridized carbons (Fsp3) is 0.346. The molecule has 35 heavy (non-hydrogen) atoms. The fourth-order valence-corrected chi connectivity index (χ4v) is 4.12. The molecule has 2 heterocycles. The van der Waals surface area contributed by atoms with Gasteiger partial charge in [0.2, 0.25) is 5.91 Å². The number of nitrogens with zero attached hydrogens (tertiary/aromatic N) is 3. The summed E-state index contributed by atoms with van der Waals surface area (Å²) in [6.45, 7) is 5.93. The van der Waals surface area contributed by atoms with Gasteiger partial charge in [-0.15, -0.1) is 0 Å². The number of methoxy groups -OCH3 is 2. The maximum Gasteiger partial charge on any atom is 0.274 e. The third-order valence-corrected chi connectivity index (χ3v) is 6.20. The molecule has 1 aliphatic heterocycles. The number of amides is 2. The van der Waals surface area contributed by atoms with Crippen LogP contribution in [0.2, 0.25) is 0 Å². The summed E-state index contributed by atoms with van der Waals surface area (Å²) in [6, 6.07) is 15.2. The number of carbonyl (C=O) groups excluding carboxylic acids is 2. The number of likely N-dealkylation sites (N-methyl/N-ethyl adjacent to an activating group) is 1. The molecule has 1 saturated heterocycles. The van der Waals surface area contributed by atoms with Crippen LogP contribution in [0.25, 0.3) is 11.3 Å². The van der Waals surface area contributed by atoms with E-state index >= 15 is 0 Å². The molecule has 2 aromatic carbocycles. The minimum atomic E-state index is -0.830. The van der Waals surface area contributed by atoms with Crippen molar-refractivity contribution in [1.82, 2.24) is 20.3 Å². The summed E-state index contributed by atoms with van der Waals surface area (Å²) in [5, 5.41) is 6.81. The molecule has 0 bridgehead atoms. The predicted octanol–water partition coefficient (Wildman–Crippen LogP) is 2.99. The van der Waals surface area contributed by atoms with E-state index in [2.05, 4.69) is 22.3 Å². The molecule has 1 N–H and O–H groups in total. The Labute approximate surface area is 204 Å². The van der Waals surface area contributed by atoms with Crippen molar-refractivity contribution in [1.29, 1.82) is 0 Å². The van der Waals surface area contributed by atoms with E-state index in [1.54, 1.807) is 37.3 Å². The van der Waals surface area contributed by atoms with Crippen molar-refractivity contribution >= 4 is 11.8 Å². The Morgan fingerprint density at radius 1 is 1.03 bits per heavy atom. The molecule has 3 aromatic rings. The number of piperazine rings is 1. The van der Waals surface area contributed by atoms with Crippen LogP contribution < -0.4 is 14.8 Å². The first-order valence-electron chi connectivity index (χ1n) is 11.6. The van der Waals surface area contributed by atoms with Crippen LogP contribution >= 0.6 is 0 Å². The van der Waals surface area contributed by atoms with Gasteiger partial charge in [0.1, 0.15) is 17.5 Å². The van der Waals surface area contributed by atoms with Crippen molar-refractivity contribution in [2.45, 2.75) is 13.0 Å². The summed E-state index contributed by atoms with van der Waals surface area (Å²) in [5.41, 5.74) is 1.37. The lowest BCUT2D eigenvalue weighted by atomic mass is 10.0. The maximum absolute atomic E-state index is 13.5. The summed E-state index contributed by atoms with van der Waals surface area (Å²) in [6.07, 6.45) is 0. The zero-order valence-corrected chi connectivity index (χ0v) is 20.2. The average molecular weight is 479 g/mol. The second-order valence-electron chi connectivity index (χ2n) is 8.22. The molecule has 0 saturated carbocycles. The molecule has 9 nitrogen and oxygen atoms in total. The van der Waals surface area contributed by atoms with Crippen LogP contribution in [-0.2, 0) is 4.79 Å². The highest BCUT2D eigenvalue weighted by atomic mass is 16.5. The lowest BCUT2D eigenvalue weighted by Gasteiger charge is -2.36. The van der Waals surface area contributed by atoms with Gasteiger partial charge in [-0.1, -0.05) is 42.4 Å². The number of hydrogen-bond acceptors (Lipinski definition) is 7. The number of hydrogen-bond donors (Lipinski definition) is 1. The molecule has 0 radical (unpaired) electrons. The summed E-state index contributed by atoms with van der Waals surface area (Å²) >= 11 is 0. The summed E-state index contributed by atoms with van der Waals surface area (Å²) < 4.78 is 16.2. The van der Waals surface area contributed by atoms with Gasteiger partial charge in [0, 0.05) is 32.2 Å². The van der Waals surface area contributed by atoms with E-state index in [0.29, 0.717) is 41.5 Å². The van der Waals surface area contributed by atoms with Crippen molar-refractivity contribution in [2.24, 2.45) is 0 Å². The van der Waals surface area contributed by atoms with Crippen LogP contribution in [0.3, 0.4) is 0 Å². The number of aromatic nitrogens is 1. The average Bonchev–Trinajstić information content (AvgIpc) is 3.42. The second-order valence-corrected chi connectivity index (χ2v) is 8.22. The smallest absolute Gasteiger partial charge is 0.274 e. The highest BCUT2D eigenvalue weighted by molar-refractivity contribution is 5.97. The summed E-state index contributed by atoms with van der Waals surface area (Å²) in [5.74, 6) is 0.873. The minimum absolute atomic E-state index is 0.0643. The van der Waals surface area contributed by atoms with Gasteiger partial charge in [-0.05, 0) is 30.3 Å². The lowest BCUT2D eigenvalue weighted by Crippen LogP contribution is -2.52. The van der Waals surface area contributed by atoms with Gasteiger partial charge >= 0.3 is 0 Å². The van der Waals surface area contributed by atoms with Gasteiger partial charge in [0.15, 0.2) is 11.5 Å². The number of benzene rings is 2.